The molecule has 0 atom stereocenters. The molecule has 3 rings (SSSR count). The van der Waals surface area contributed by atoms with Crippen LogP contribution in [0, 0.1) is 0 Å². The highest BCUT2D eigenvalue weighted by Gasteiger charge is 2.04. The lowest BCUT2D eigenvalue weighted by Gasteiger charge is -2.11. The molecule has 19 heavy (non-hydrogen) atoms. The van der Waals surface area contributed by atoms with Gasteiger partial charge in [0.1, 0.15) is 0 Å². The second-order valence-corrected chi connectivity index (χ2v) is 4.33. The first-order valence-corrected chi connectivity index (χ1v) is 6.17. The summed E-state index contributed by atoms with van der Waals surface area (Å²) in [5.41, 5.74) is 8.53. The molecule has 96 valence electrons. The molecule has 3 aromatic rings. The van der Waals surface area contributed by atoms with E-state index in [1.165, 1.54) is 0 Å². The fourth-order valence-corrected chi connectivity index (χ4v) is 2.09. The van der Waals surface area contributed by atoms with Crippen LogP contribution in [-0.2, 0) is 6.54 Å². The number of rotatable bonds is 4. The molecule has 0 radical (unpaired) electrons. The van der Waals surface area contributed by atoms with Gasteiger partial charge in [-0.05, 0) is 24.3 Å². The summed E-state index contributed by atoms with van der Waals surface area (Å²) in [5.74, 6) is 0. The van der Waals surface area contributed by atoms with Gasteiger partial charge in [0.25, 0.3) is 0 Å². The number of nitrogens with one attached hydrogen (secondary N) is 1. The summed E-state index contributed by atoms with van der Waals surface area (Å²) in [4.78, 5) is 8.34. The Hall–Kier alpha value is -2.56. The van der Waals surface area contributed by atoms with Gasteiger partial charge in [0.2, 0.25) is 0 Å². The average molecular weight is 253 g/mol. The van der Waals surface area contributed by atoms with Gasteiger partial charge in [-0.2, -0.15) is 0 Å². The standard InChI is InChI=1S/C14H15N5/c15-12-3-4-13(11-2-1-5-18-14(11)12)17-7-9-19-8-6-16-10-19/h1-6,8,10,17H,7,9,15H2. The van der Waals surface area contributed by atoms with Crippen LogP contribution in [0.5, 0.6) is 0 Å². The number of hydrogen-bond acceptors (Lipinski definition) is 4. The lowest BCUT2D eigenvalue weighted by Crippen LogP contribution is -2.09. The maximum Gasteiger partial charge on any atom is 0.0951 e. The summed E-state index contributed by atoms with van der Waals surface area (Å²) in [5, 5.41) is 4.46. The van der Waals surface area contributed by atoms with Crippen LogP contribution in [-0.4, -0.2) is 21.1 Å². The van der Waals surface area contributed by atoms with E-state index in [9.17, 15) is 0 Å². The number of anilines is 2. The Kier molecular flexibility index (Phi) is 3.02. The summed E-state index contributed by atoms with van der Waals surface area (Å²) in [6.07, 6.45) is 7.30. The van der Waals surface area contributed by atoms with Crippen LogP contribution >= 0.6 is 0 Å². The summed E-state index contributed by atoms with van der Waals surface area (Å²) >= 11 is 0. The second-order valence-electron chi connectivity index (χ2n) is 4.33. The van der Waals surface area contributed by atoms with Crippen molar-refractivity contribution in [1.29, 1.82) is 0 Å². The zero-order valence-corrected chi connectivity index (χ0v) is 10.5. The SMILES string of the molecule is Nc1ccc(NCCn2ccnc2)c2cccnc12. The minimum absolute atomic E-state index is 0.704. The lowest BCUT2D eigenvalue weighted by atomic mass is 10.1. The number of hydrogen-bond donors (Lipinski definition) is 2. The van der Waals surface area contributed by atoms with E-state index in [2.05, 4.69) is 15.3 Å². The molecule has 0 unspecified atom stereocenters. The Labute approximate surface area is 111 Å². The fraction of sp³-hybridized carbons (Fsp3) is 0.143. The molecule has 2 heterocycles. The highest BCUT2D eigenvalue weighted by atomic mass is 15.0. The molecule has 0 spiro atoms. The van der Waals surface area contributed by atoms with Gasteiger partial charge in [-0.25, -0.2) is 4.98 Å². The smallest absolute Gasteiger partial charge is 0.0951 e. The topological polar surface area (TPSA) is 68.8 Å². The van der Waals surface area contributed by atoms with Gasteiger partial charge in [0.05, 0.1) is 17.5 Å². The zero-order chi connectivity index (χ0) is 13.1. The van der Waals surface area contributed by atoms with Gasteiger partial charge in [0.15, 0.2) is 0 Å². The van der Waals surface area contributed by atoms with Crippen LogP contribution < -0.4 is 11.1 Å². The third-order valence-corrected chi connectivity index (χ3v) is 3.05. The van der Waals surface area contributed by atoms with Crippen LogP contribution in [0.1, 0.15) is 0 Å². The number of fused-ring (bicyclic) bond motifs is 1. The van der Waals surface area contributed by atoms with Crippen LogP contribution in [0.4, 0.5) is 11.4 Å². The maximum atomic E-state index is 5.93. The molecular weight excluding hydrogens is 238 g/mol. The minimum Gasteiger partial charge on any atom is -0.397 e. The quantitative estimate of drug-likeness (QED) is 0.699. The van der Waals surface area contributed by atoms with E-state index >= 15 is 0 Å². The third-order valence-electron chi connectivity index (χ3n) is 3.05. The number of nitrogens with two attached hydrogens (primary N) is 1. The molecule has 5 heteroatoms. The second kappa shape index (κ2) is 4.97. The van der Waals surface area contributed by atoms with E-state index in [1.54, 1.807) is 12.4 Å². The maximum absolute atomic E-state index is 5.93. The number of imidazole rings is 1. The molecule has 0 aliphatic carbocycles. The molecule has 2 aromatic heterocycles. The largest absolute Gasteiger partial charge is 0.397 e. The predicted molar refractivity (Wildman–Crippen MR) is 76.9 cm³/mol. The number of pyridine rings is 1. The third kappa shape index (κ3) is 2.35. The van der Waals surface area contributed by atoms with Crippen LogP contribution in [0.3, 0.4) is 0 Å². The molecule has 3 N–H and O–H groups in total. The summed E-state index contributed by atoms with van der Waals surface area (Å²) in [6.45, 7) is 1.69. The van der Waals surface area contributed by atoms with E-state index in [0.29, 0.717) is 5.69 Å². The molecule has 0 fully saturated rings. The van der Waals surface area contributed by atoms with Crippen LogP contribution in [0.15, 0.2) is 49.2 Å². The average Bonchev–Trinajstić information content (AvgIpc) is 2.95. The van der Waals surface area contributed by atoms with Gasteiger partial charge in [0, 0.05) is 42.8 Å². The summed E-state index contributed by atoms with van der Waals surface area (Å²) in [7, 11) is 0. The van der Waals surface area contributed by atoms with Crippen LogP contribution in [0.2, 0.25) is 0 Å². The number of nitrogen functional groups attached to an aromatic ring is 1. The van der Waals surface area contributed by atoms with Gasteiger partial charge in [-0.15, -0.1) is 0 Å². The van der Waals surface area contributed by atoms with Gasteiger partial charge in [-0.3, -0.25) is 4.98 Å². The molecular formula is C14H15N5. The molecule has 5 nitrogen and oxygen atoms in total. The van der Waals surface area contributed by atoms with Crippen molar-refractivity contribution in [1.82, 2.24) is 14.5 Å². The Morgan fingerprint density at radius 1 is 1.21 bits per heavy atom. The van der Waals surface area contributed by atoms with Crippen molar-refractivity contribution in [2.24, 2.45) is 0 Å². The van der Waals surface area contributed by atoms with E-state index in [1.807, 2.05) is 41.4 Å². The monoisotopic (exact) mass is 253 g/mol. The molecule has 0 saturated carbocycles. The molecule has 0 saturated heterocycles. The first kappa shape index (κ1) is 11.5. The Morgan fingerprint density at radius 2 is 2.16 bits per heavy atom. The van der Waals surface area contributed by atoms with E-state index in [-0.39, 0.29) is 0 Å². The predicted octanol–water partition coefficient (Wildman–Crippen LogP) is 2.13. The molecule has 1 aromatic carbocycles. The first-order chi connectivity index (χ1) is 9.34. The van der Waals surface area contributed by atoms with Gasteiger partial charge >= 0.3 is 0 Å². The number of nitrogens with zero attached hydrogens (tertiary/aromatic N) is 3. The van der Waals surface area contributed by atoms with Crippen molar-refractivity contribution in [3.63, 3.8) is 0 Å². The van der Waals surface area contributed by atoms with Gasteiger partial charge in [-0.1, -0.05) is 0 Å². The van der Waals surface area contributed by atoms with Crippen molar-refractivity contribution < 1.29 is 0 Å². The Bertz CT molecular complexity index is 675. The molecule has 0 aliphatic heterocycles. The fourth-order valence-electron chi connectivity index (χ4n) is 2.09. The molecule has 0 bridgehead atoms. The van der Waals surface area contributed by atoms with Crippen molar-refractivity contribution in [3.8, 4) is 0 Å². The molecule has 0 aliphatic rings. The summed E-state index contributed by atoms with van der Waals surface area (Å²) < 4.78 is 2.03. The Morgan fingerprint density at radius 3 is 3.00 bits per heavy atom. The van der Waals surface area contributed by atoms with Crippen LogP contribution in [0.25, 0.3) is 10.9 Å². The highest BCUT2D eigenvalue weighted by molar-refractivity contribution is 5.98. The normalized spacial score (nSPS) is 10.7. The lowest BCUT2D eigenvalue weighted by molar-refractivity contribution is 0.727. The highest BCUT2D eigenvalue weighted by Crippen LogP contribution is 2.26. The van der Waals surface area contributed by atoms with E-state index < -0.39 is 0 Å². The van der Waals surface area contributed by atoms with Crippen molar-refractivity contribution in [3.05, 3.63) is 49.2 Å². The molecule has 0 amide bonds. The zero-order valence-electron chi connectivity index (χ0n) is 10.5. The van der Waals surface area contributed by atoms with Crippen molar-refractivity contribution in [2.75, 3.05) is 17.6 Å². The minimum atomic E-state index is 0.704. The number of aromatic nitrogens is 3. The first-order valence-electron chi connectivity index (χ1n) is 6.17. The number of benzene rings is 1. The van der Waals surface area contributed by atoms with E-state index in [0.717, 1.165) is 29.7 Å². The van der Waals surface area contributed by atoms with E-state index in [4.69, 9.17) is 5.73 Å². The summed E-state index contributed by atoms with van der Waals surface area (Å²) in [6, 6.07) is 7.82. The van der Waals surface area contributed by atoms with Crippen molar-refractivity contribution >= 4 is 22.3 Å². The van der Waals surface area contributed by atoms with Gasteiger partial charge < -0.3 is 15.6 Å². The van der Waals surface area contributed by atoms with Crippen molar-refractivity contribution in [2.45, 2.75) is 6.54 Å². The Balaban J connectivity index is 1.79.